The molecule has 0 spiro atoms. The van der Waals surface area contributed by atoms with E-state index in [4.69, 9.17) is 17.3 Å². The van der Waals surface area contributed by atoms with Gasteiger partial charge in [-0.15, -0.1) is 0 Å². The van der Waals surface area contributed by atoms with Crippen molar-refractivity contribution in [2.45, 2.75) is 19.4 Å². The Morgan fingerprint density at radius 1 is 1.43 bits per heavy atom. The minimum atomic E-state index is -0.602. The van der Waals surface area contributed by atoms with Gasteiger partial charge in [0.25, 0.3) is 0 Å². The standard InChI is InChI=1S/C11H11ClFN/c1-11(2,14)6-5-8-7-9(13)3-4-10(8)12/h3-4,7H,14H2,1-2H3. The molecule has 14 heavy (non-hydrogen) atoms. The van der Waals surface area contributed by atoms with E-state index in [1.165, 1.54) is 18.2 Å². The first-order chi connectivity index (χ1) is 6.38. The molecule has 3 heteroatoms. The van der Waals surface area contributed by atoms with Gasteiger partial charge in [0, 0.05) is 5.56 Å². The highest BCUT2D eigenvalue weighted by atomic mass is 35.5. The summed E-state index contributed by atoms with van der Waals surface area (Å²) in [4.78, 5) is 0. The Labute approximate surface area is 88.1 Å². The average molecular weight is 212 g/mol. The lowest BCUT2D eigenvalue weighted by Gasteiger charge is -2.07. The Morgan fingerprint density at radius 2 is 2.07 bits per heavy atom. The van der Waals surface area contributed by atoms with Crippen molar-refractivity contribution in [2.24, 2.45) is 5.73 Å². The van der Waals surface area contributed by atoms with E-state index in [1.807, 2.05) is 0 Å². The summed E-state index contributed by atoms with van der Waals surface area (Å²) in [6, 6.07) is 4.06. The molecule has 0 saturated carbocycles. The Balaban J connectivity index is 3.06. The first-order valence-electron chi connectivity index (χ1n) is 4.15. The van der Waals surface area contributed by atoms with Gasteiger partial charge in [0.05, 0.1) is 10.6 Å². The van der Waals surface area contributed by atoms with Gasteiger partial charge >= 0.3 is 0 Å². The van der Waals surface area contributed by atoms with Gasteiger partial charge in [0.15, 0.2) is 0 Å². The van der Waals surface area contributed by atoms with Crippen LogP contribution in [0.1, 0.15) is 19.4 Å². The zero-order valence-electron chi connectivity index (χ0n) is 8.07. The maximum Gasteiger partial charge on any atom is 0.124 e. The third kappa shape index (κ3) is 3.37. The molecule has 74 valence electrons. The van der Waals surface area contributed by atoms with Crippen LogP contribution in [0, 0.1) is 17.7 Å². The molecule has 0 unspecified atom stereocenters. The van der Waals surface area contributed by atoms with E-state index in [-0.39, 0.29) is 5.82 Å². The summed E-state index contributed by atoms with van der Waals surface area (Å²) in [6.45, 7) is 3.54. The molecule has 1 aromatic rings. The van der Waals surface area contributed by atoms with E-state index < -0.39 is 5.54 Å². The molecule has 2 N–H and O–H groups in total. The Bertz CT molecular complexity index is 396. The maximum absolute atomic E-state index is 12.8. The topological polar surface area (TPSA) is 26.0 Å². The summed E-state index contributed by atoms with van der Waals surface area (Å²) in [7, 11) is 0. The second kappa shape index (κ2) is 4.00. The van der Waals surface area contributed by atoms with Crippen molar-refractivity contribution < 1.29 is 4.39 Å². The maximum atomic E-state index is 12.8. The number of halogens is 2. The summed E-state index contributed by atoms with van der Waals surface area (Å²) in [5.41, 5.74) is 5.52. The quantitative estimate of drug-likeness (QED) is 0.656. The largest absolute Gasteiger partial charge is 0.316 e. The van der Waals surface area contributed by atoms with Crippen LogP contribution in [0.5, 0.6) is 0 Å². The van der Waals surface area contributed by atoms with Crippen molar-refractivity contribution in [3.63, 3.8) is 0 Å². The van der Waals surface area contributed by atoms with Gasteiger partial charge in [-0.25, -0.2) is 4.39 Å². The molecule has 1 nitrogen and oxygen atoms in total. The minimum absolute atomic E-state index is 0.353. The Hall–Kier alpha value is -1.04. The molecular weight excluding hydrogens is 201 g/mol. The van der Waals surface area contributed by atoms with Crippen molar-refractivity contribution in [3.8, 4) is 11.8 Å². The molecule has 0 heterocycles. The highest BCUT2D eigenvalue weighted by molar-refractivity contribution is 6.31. The van der Waals surface area contributed by atoms with Crippen LogP contribution in [0.25, 0.3) is 0 Å². The van der Waals surface area contributed by atoms with Crippen LogP contribution in [-0.4, -0.2) is 5.54 Å². The van der Waals surface area contributed by atoms with Gasteiger partial charge in [-0.1, -0.05) is 23.4 Å². The lowest BCUT2D eigenvalue weighted by atomic mass is 10.1. The van der Waals surface area contributed by atoms with Gasteiger partial charge < -0.3 is 5.73 Å². The number of rotatable bonds is 0. The fourth-order valence-electron chi connectivity index (χ4n) is 0.822. The predicted octanol–water partition coefficient (Wildman–Crippen LogP) is 2.57. The number of hydrogen-bond donors (Lipinski definition) is 1. The summed E-state index contributed by atoms with van der Waals surface area (Å²) in [6.07, 6.45) is 0. The second-order valence-electron chi connectivity index (χ2n) is 3.60. The summed E-state index contributed by atoms with van der Waals surface area (Å²) >= 11 is 5.82. The van der Waals surface area contributed by atoms with Crippen molar-refractivity contribution in [1.82, 2.24) is 0 Å². The molecule has 0 amide bonds. The zero-order chi connectivity index (χ0) is 10.8. The number of hydrogen-bond acceptors (Lipinski definition) is 1. The first kappa shape index (κ1) is 11.0. The molecule has 0 atom stereocenters. The third-order valence-electron chi connectivity index (χ3n) is 1.45. The van der Waals surface area contributed by atoms with Gasteiger partial charge in [-0.05, 0) is 32.0 Å². The Kier molecular flexibility index (Phi) is 3.15. The molecule has 0 aliphatic rings. The second-order valence-corrected chi connectivity index (χ2v) is 4.00. The fourth-order valence-corrected chi connectivity index (χ4v) is 0.987. The van der Waals surface area contributed by atoms with E-state index in [2.05, 4.69) is 11.8 Å². The summed E-state index contributed by atoms with van der Waals surface area (Å²) in [5, 5.41) is 0.433. The van der Waals surface area contributed by atoms with E-state index in [9.17, 15) is 4.39 Å². The van der Waals surface area contributed by atoms with E-state index in [1.54, 1.807) is 13.8 Å². The van der Waals surface area contributed by atoms with Crippen molar-refractivity contribution >= 4 is 11.6 Å². The summed E-state index contributed by atoms with van der Waals surface area (Å²) in [5.74, 6) is 5.18. The monoisotopic (exact) mass is 211 g/mol. The molecule has 1 rings (SSSR count). The average Bonchev–Trinajstić information content (AvgIpc) is 2.05. The highest BCUT2D eigenvalue weighted by Crippen LogP contribution is 2.15. The van der Waals surface area contributed by atoms with E-state index >= 15 is 0 Å². The predicted molar refractivity (Wildman–Crippen MR) is 56.6 cm³/mol. The molecule has 0 bridgehead atoms. The van der Waals surface area contributed by atoms with Gasteiger partial charge in [-0.3, -0.25) is 0 Å². The first-order valence-corrected chi connectivity index (χ1v) is 4.53. The zero-order valence-corrected chi connectivity index (χ0v) is 8.82. The van der Waals surface area contributed by atoms with E-state index in [0.29, 0.717) is 10.6 Å². The van der Waals surface area contributed by atoms with Gasteiger partial charge in [0.2, 0.25) is 0 Å². The molecule has 0 saturated heterocycles. The minimum Gasteiger partial charge on any atom is -0.316 e. The summed E-state index contributed by atoms with van der Waals surface area (Å²) < 4.78 is 12.8. The molecule has 0 radical (unpaired) electrons. The number of benzene rings is 1. The Morgan fingerprint density at radius 3 is 2.64 bits per heavy atom. The lowest BCUT2D eigenvalue weighted by molar-refractivity contribution is 0.627. The van der Waals surface area contributed by atoms with Crippen molar-refractivity contribution in [3.05, 3.63) is 34.6 Å². The fraction of sp³-hybridized carbons (Fsp3) is 0.273. The molecule has 0 aromatic heterocycles. The number of nitrogens with two attached hydrogens (primary N) is 1. The van der Waals surface area contributed by atoms with Crippen LogP contribution in [0.15, 0.2) is 18.2 Å². The highest BCUT2D eigenvalue weighted by Gasteiger charge is 2.05. The molecule has 0 aliphatic carbocycles. The van der Waals surface area contributed by atoms with Gasteiger partial charge in [-0.2, -0.15) is 0 Å². The lowest BCUT2D eigenvalue weighted by Crippen LogP contribution is -2.29. The van der Waals surface area contributed by atoms with Crippen molar-refractivity contribution in [1.29, 1.82) is 0 Å². The van der Waals surface area contributed by atoms with E-state index in [0.717, 1.165) is 0 Å². The molecule has 0 aliphatic heterocycles. The van der Waals surface area contributed by atoms with Crippen LogP contribution in [0.2, 0.25) is 5.02 Å². The molecular formula is C11H11ClFN. The smallest absolute Gasteiger partial charge is 0.124 e. The van der Waals surface area contributed by atoms with Crippen LogP contribution < -0.4 is 5.73 Å². The normalized spacial score (nSPS) is 10.6. The SMILES string of the molecule is CC(C)(N)C#Cc1cc(F)ccc1Cl. The molecule has 1 aromatic carbocycles. The molecule has 0 fully saturated rings. The van der Waals surface area contributed by atoms with Crippen LogP contribution in [0.3, 0.4) is 0 Å². The van der Waals surface area contributed by atoms with Crippen LogP contribution in [-0.2, 0) is 0 Å². The van der Waals surface area contributed by atoms with Crippen molar-refractivity contribution in [2.75, 3.05) is 0 Å². The van der Waals surface area contributed by atoms with Gasteiger partial charge in [0.1, 0.15) is 5.82 Å². The van der Waals surface area contributed by atoms with Crippen LogP contribution >= 0.6 is 11.6 Å². The van der Waals surface area contributed by atoms with Crippen LogP contribution in [0.4, 0.5) is 4.39 Å². The third-order valence-corrected chi connectivity index (χ3v) is 1.78.